The van der Waals surface area contributed by atoms with Gasteiger partial charge in [0.25, 0.3) is 0 Å². The van der Waals surface area contributed by atoms with E-state index in [0.717, 1.165) is 0 Å². The standard InChI is InChI=1S/C18H33N3O9/c1-10-14(25)15(26)16(27)18(30-10)29-8-7-20-12(22)5-3-2-4-6-21-17(28)11(19)9-13(23)24/h10-11,14-16,18,25-27H,2-9,19H2,1H3,(H,20,22)(H,21,28)(H,23,24)/t10-,11-,14+,15+,16-,18+/m0/s1. The molecular formula is C18H33N3O9. The van der Waals surface area contributed by atoms with Crippen LogP contribution in [-0.4, -0.2) is 94.7 Å². The van der Waals surface area contributed by atoms with Crippen molar-refractivity contribution in [1.29, 1.82) is 0 Å². The Kier molecular flexibility index (Phi) is 11.8. The summed E-state index contributed by atoms with van der Waals surface area (Å²) in [5.41, 5.74) is 5.43. The van der Waals surface area contributed by atoms with Crippen molar-refractivity contribution < 1.29 is 44.3 Å². The van der Waals surface area contributed by atoms with E-state index in [1.165, 1.54) is 0 Å². The Balaban J connectivity index is 2.05. The van der Waals surface area contributed by atoms with Gasteiger partial charge < -0.3 is 46.3 Å². The lowest BCUT2D eigenvalue weighted by Gasteiger charge is -2.38. The molecule has 12 heteroatoms. The van der Waals surface area contributed by atoms with Crippen LogP contribution in [0.15, 0.2) is 0 Å². The Morgan fingerprint density at radius 1 is 1.03 bits per heavy atom. The number of nitrogens with two attached hydrogens (primary N) is 1. The zero-order valence-corrected chi connectivity index (χ0v) is 17.0. The van der Waals surface area contributed by atoms with E-state index in [1.54, 1.807) is 6.92 Å². The molecule has 0 aromatic heterocycles. The summed E-state index contributed by atoms with van der Waals surface area (Å²) < 4.78 is 10.6. The number of unbranched alkanes of at least 4 members (excludes halogenated alkanes) is 2. The number of rotatable bonds is 13. The summed E-state index contributed by atoms with van der Waals surface area (Å²) in [6, 6.07) is -1.08. The van der Waals surface area contributed by atoms with Gasteiger partial charge in [0, 0.05) is 19.5 Å². The van der Waals surface area contributed by atoms with Gasteiger partial charge in [-0.15, -0.1) is 0 Å². The Morgan fingerprint density at radius 3 is 2.40 bits per heavy atom. The molecule has 0 radical (unpaired) electrons. The van der Waals surface area contributed by atoms with Crippen molar-refractivity contribution in [3.8, 4) is 0 Å². The van der Waals surface area contributed by atoms with Gasteiger partial charge in [-0.3, -0.25) is 14.4 Å². The first-order valence-corrected chi connectivity index (χ1v) is 9.96. The maximum atomic E-state index is 11.8. The van der Waals surface area contributed by atoms with Crippen molar-refractivity contribution in [2.45, 2.75) is 75.8 Å². The predicted octanol–water partition coefficient (Wildman–Crippen LogP) is -2.57. The van der Waals surface area contributed by atoms with Crippen LogP contribution in [0.3, 0.4) is 0 Å². The van der Waals surface area contributed by atoms with E-state index in [0.29, 0.717) is 25.8 Å². The fourth-order valence-corrected chi connectivity index (χ4v) is 2.82. The highest BCUT2D eigenvalue weighted by atomic mass is 16.7. The quantitative estimate of drug-likeness (QED) is 0.151. The van der Waals surface area contributed by atoms with Gasteiger partial charge in [0.15, 0.2) is 6.29 Å². The monoisotopic (exact) mass is 435 g/mol. The molecule has 174 valence electrons. The zero-order chi connectivity index (χ0) is 22.7. The van der Waals surface area contributed by atoms with Crippen LogP contribution in [0.2, 0.25) is 0 Å². The van der Waals surface area contributed by atoms with Crippen LogP contribution in [0.1, 0.15) is 39.0 Å². The normalized spacial score (nSPS) is 27.3. The lowest BCUT2D eigenvalue weighted by molar-refractivity contribution is -0.292. The number of aliphatic hydroxyl groups excluding tert-OH is 3. The molecule has 0 aromatic rings. The predicted molar refractivity (Wildman–Crippen MR) is 103 cm³/mol. The molecule has 0 bridgehead atoms. The summed E-state index contributed by atoms with van der Waals surface area (Å²) >= 11 is 0. The van der Waals surface area contributed by atoms with Gasteiger partial charge in [-0.2, -0.15) is 0 Å². The van der Waals surface area contributed by atoms with E-state index < -0.39 is 55.0 Å². The second kappa shape index (κ2) is 13.5. The number of nitrogens with one attached hydrogen (secondary N) is 2. The Bertz CT molecular complexity index is 563. The molecule has 1 rings (SSSR count). The van der Waals surface area contributed by atoms with Crippen molar-refractivity contribution in [3.63, 3.8) is 0 Å². The Labute approximate surface area is 174 Å². The van der Waals surface area contributed by atoms with Crippen molar-refractivity contribution in [1.82, 2.24) is 10.6 Å². The minimum atomic E-state index is -1.38. The summed E-state index contributed by atoms with van der Waals surface area (Å²) in [5, 5.41) is 42.9. The van der Waals surface area contributed by atoms with Gasteiger partial charge in [-0.25, -0.2) is 0 Å². The van der Waals surface area contributed by atoms with Gasteiger partial charge in [-0.05, 0) is 19.8 Å². The zero-order valence-electron chi connectivity index (χ0n) is 17.0. The average molecular weight is 435 g/mol. The highest BCUT2D eigenvalue weighted by Crippen LogP contribution is 2.21. The number of carbonyl (C=O) groups is 3. The van der Waals surface area contributed by atoms with E-state index in [1.807, 2.05) is 0 Å². The first-order valence-electron chi connectivity index (χ1n) is 9.96. The van der Waals surface area contributed by atoms with E-state index in [-0.39, 0.29) is 25.5 Å². The third-order valence-electron chi connectivity index (χ3n) is 4.63. The van der Waals surface area contributed by atoms with Gasteiger partial charge in [0.1, 0.15) is 18.3 Å². The Hall–Kier alpha value is -1.83. The van der Waals surface area contributed by atoms with Crippen molar-refractivity contribution in [2.24, 2.45) is 5.73 Å². The minimum Gasteiger partial charge on any atom is -0.481 e. The summed E-state index contributed by atoms with van der Waals surface area (Å²) in [6.45, 7) is 2.15. The number of carbonyl (C=O) groups excluding carboxylic acids is 2. The number of carboxylic acid groups (broad SMARTS) is 1. The molecule has 2 amide bonds. The first kappa shape index (κ1) is 26.2. The number of ether oxygens (including phenoxy) is 2. The van der Waals surface area contributed by atoms with E-state index in [2.05, 4.69) is 10.6 Å². The molecule has 1 saturated heterocycles. The van der Waals surface area contributed by atoms with Gasteiger partial charge in [0.2, 0.25) is 11.8 Å². The van der Waals surface area contributed by atoms with Crippen molar-refractivity contribution >= 4 is 17.8 Å². The lowest BCUT2D eigenvalue weighted by atomic mass is 10.0. The molecule has 0 aromatic carbocycles. The first-order chi connectivity index (χ1) is 14.1. The van der Waals surface area contributed by atoms with Crippen molar-refractivity contribution in [3.05, 3.63) is 0 Å². The van der Waals surface area contributed by atoms with E-state index >= 15 is 0 Å². The highest BCUT2D eigenvalue weighted by Gasteiger charge is 2.42. The van der Waals surface area contributed by atoms with Crippen LogP contribution in [0.25, 0.3) is 0 Å². The second-order valence-corrected chi connectivity index (χ2v) is 7.21. The molecule has 0 aliphatic carbocycles. The summed E-state index contributed by atoms with van der Waals surface area (Å²) in [6.07, 6.45) is -3.94. The molecule has 1 fully saturated rings. The fourth-order valence-electron chi connectivity index (χ4n) is 2.82. The number of aliphatic hydroxyl groups is 3. The molecule has 1 aliphatic rings. The second-order valence-electron chi connectivity index (χ2n) is 7.21. The van der Waals surface area contributed by atoms with Crippen LogP contribution in [-0.2, 0) is 23.9 Å². The molecule has 1 heterocycles. The van der Waals surface area contributed by atoms with E-state index in [9.17, 15) is 29.7 Å². The molecule has 1 aliphatic heterocycles. The van der Waals surface area contributed by atoms with Crippen LogP contribution in [0.4, 0.5) is 0 Å². The third-order valence-corrected chi connectivity index (χ3v) is 4.63. The number of hydrogen-bond acceptors (Lipinski definition) is 9. The highest BCUT2D eigenvalue weighted by molar-refractivity contribution is 5.85. The molecule has 30 heavy (non-hydrogen) atoms. The average Bonchev–Trinajstić information content (AvgIpc) is 2.69. The van der Waals surface area contributed by atoms with Crippen LogP contribution in [0, 0.1) is 0 Å². The number of amides is 2. The summed E-state index contributed by atoms with van der Waals surface area (Å²) in [7, 11) is 0. The van der Waals surface area contributed by atoms with Crippen LogP contribution in [0.5, 0.6) is 0 Å². The maximum Gasteiger partial charge on any atom is 0.305 e. The third kappa shape index (κ3) is 9.32. The molecule has 6 atom stereocenters. The summed E-state index contributed by atoms with van der Waals surface area (Å²) in [5.74, 6) is -1.83. The van der Waals surface area contributed by atoms with Crippen LogP contribution < -0.4 is 16.4 Å². The minimum absolute atomic E-state index is 0.0611. The van der Waals surface area contributed by atoms with Gasteiger partial charge in [-0.1, -0.05) is 6.42 Å². The largest absolute Gasteiger partial charge is 0.481 e. The topological polar surface area (TPSA) is 201 Å². The molecular weight excluding hydrogens is 402 g/mol. The maximum absolute atomic E-state index is 11.8. The summed E-state index contributed by atoms with van der Waals surface area (Å²) in [4.78, 5) is 33.8. The SMILES string of the molecule is C[C@@H]1O[C@@H](OCCNC(=O)CCCCCNC(=O)[C@@H](N)CC(=O)O)[C@@H](O)[C@H](O)[C@@H]1O. The van der Waals surface area contributed by atoms with Crippen LogP contribution >= 0.6 is 0 Å². The fraction of sp³-hybridized carbons (Fsp3) is 0.833. The molecule has 0 spiro atoms. The molecule has 8 N–H and O–H groups in total. The van der Waals surface area contributed by atoms with E-state index in [4.69, 9.17) is 20.3 Å². The molecule has 12 nitrogen and oxygen atoms in total. The Morgan fingerprint density at radius 2 is 1.73 bits per heavy atom. The van der Waals surface area contributed by atoms with Gasteiger partial charge >= 0.3 is 5.97 Å². The molecule has 0 unspecified atom stereocenters. The lowest BCUT2D eigenvalue weighted by Crippen LogP contribution is -2.57. The molecule has 0 saturated carbocycles. The number of hydrogen-bond donors (Lipinski definition) is 7. The number of carboxylic acids is 1. The van der Waals surface area contributed by atoms with Gasteiger partial charge in [0.05, 0.1) is 25.2 Å². The van der Waals surface area contributed by atoms with Crippen molar-refractivity contribution in [2.75, 3.05) is 19.7 Å². The smallest absolute Gasteiger partial charge is 0.305 e. The number of aliphatic carboxylic acids is 1.